The van der Waals surface area contributed by atoms with E-state index in [9.17, 15) is 10.1 Å². The van der Waals surface area contributed by atoms with E-state index in [1.165, 1.54) is 6.07 Å². The third-order valence-electron chi connectivity index (χ3n) is 3.62. The lowest BCUT2D eigenvalue weighted by Gasteiger charge is -2.28. The van der Waals surface area contributed by atoms with Crippen LogP contribution in [0.4, 0.5) is 11.4 Å². The standard InChI is InChI=1S/C13H18ClN3O2/c1-8-6-13(17(18)19)11(14)7-12(8)16-10-4-2-9(15)3-5-10/h6-7,9-10,16H,2-5,15H2,1H3. The van der Waals surface area contributed by atoms with Crippen LogP contribution in [0.2, 0.25) is 5.02 Å². The molecule has 0 unspecified atom stereocenters. The third kappa shape index (κ3) is 3.36. The highest BCUT2D eigenvalue weighted by atomic mass is 35.5. The summed E-state index contributed by atoms with van der Waals surface area (Å²) >= 11 is 5.94. The Balaban J connectivity index is 2.13. The molecular formula is C13H18ClN3O2. The van der Waals surface area contributed by atoms with E-state index < -0.39 is 4.92 Å². The van der Waals surface area contributed by atoms with Crippen molar-refractivity contribution in [2.45, 2.75) is 44.7 Å². The topological polar surface area (TPSA) is 81.2 Å². The number of anilines is 1. The average Bonchev–Trinajstić information content (AvgIpc) is 2.35. The van der Waals surface area contributed by atoms with Gasteiger partial charge in [-0.15, -0.1) is 0 Å². The van der Waals surface area contributed by atoms with Gasteiger partial charge in [0.2, 0.25) is 0 Å². The highest BCUT2D eigenvalue weighted by molar-refractivity contribution is 6.33. The van der Waals surface area contributed by atoms with Gasteiger partial charge < -0.3 is 11.1 Å². The number of halogens is 1. The first-order chi connectivity index (χ1) is 8.97. The maximum absolute atomic E-state index is 10.8. The van der Waals surface area contributed by atoms with Crippen molar-refractivity contribution in [3.05, 3.63) is 32.8 Å². The summed E-state index contributed by atoms with van der Waals surface area (Å²) in [6.45, 7) is 1.85. The van der Waals surface area contributed by atoms with Crippen LogP contribution < -0.4 is 11.1 Å². The molecule has 104 valence electrons. The second-order valence-corrected chi connectivity index (χ2v) is 5.54. The van der Waals surface area contributed by atoms with Crippen LogP contribution in [0, 0.1) is 17.0 Å². The molecule has 1 saturated carbocycles. The Hall–Kier alpha value is -1.33. The monoisotopic (exact) mass is 283 g/mol. The molecule has 0 heterocycles. The fourth-order valence-electron chi connectivity index (χ4n) is 2.45. The van der Waals surface area contributed by atoms with E-state index in [1.807, 2.05) is 6.92 Å². The Morgan fingerprint density at radius 1 is 1.37 bits per heavy atom. The first-order valence-corrected chi connectivity index (χ1v) is 6.82. The summed E-state index contributed by atoms with van der Waals surface area (Å²) in [5.74, 6) is 0. The number of hydrogen-bond acceptors (Lipinski definition) is 4. The van der Waals surface area contributed by atoms with Crippen LogP contribution in [-0.2, 0) is 0 Å². The van der Waals surface area contributed by atoms with Gasteiger partial charge in [0.05, 0.1) is 4.92 Å². The molecule has 0 amide bonds. The summed E-state index contributed by atoms with van der Waals surface area (Å²) in [6.07, 6.45) is 4.07. The van der Waals surface area contributed by atoms with Gasteiger partial charge in [-0.1, -0.05) is 11.6 Å². The van der Waals surface area contributed by atoms with Crippen LogP contribution in [0.1, 0.15) is 31.2 Å². The number of nitrogens with two attached hydrogens (primary N) is 1. The number of hydrogen-bond donors (Lipinski definition) is 2. The summed E-state index contributed by atoms with van der Waals surface area (Å²) in [5.41, 5.74) is 7.54. The number of nitro groups is 1. The molecule has 6 heteroatoms. The van der Waals surface area contributed by atoms with Crippen molar-refractivity contribution in [3.63, 3.8) is 0 Å². The summed E-state index contributed by atoms with van der Waals surface area (Å²) in [5, 5.41) is 14.4. The molecule has 0 bridgehead atoms. The average molecular weight is 284 g/mol. The first kappa shape index (κ1) is 14.1. The molecule has 0 atom stereocenters. The zero-order valence-electron chi connectivity index (χ0n) is 10.9. The Labute approximate surface area is 117 Å². The lowest BCUT2D eigenvalue weighted by molar-refractivity contribution is -0.384. The molecule has 0 aromatic heterocycles. The first-order valence-electron chi connectivity index (χ1n) is 6.44. The number of rotatable bonds is 3. The summed E-state index contributed by atoms with van der Waals surface area (Å²) in [7, 11) is 0. The molecule has 2 rings (SSSR count). The predicted octanol–water partition coefficient (Wildman–Crippen LogP) is 3.24. The van der Waals surface area contributed by atoms with Gasteiger partial charge >= 0.3 is 0 Å². The van der Waals surface area contributed by atoms with Gasteiger partial charge in [0.15, 0.2) is 0 Å². The molecule has 0 saturated heterocycles. The predicted molar refractivity (Wildman–Crippen MR) is 76.7 cm³/mol. The van der Waals surface area contributed by atoms with Gasteiger partial charge in [-0.2, -0.15) is 0 Å². The molecule has 1 aliphatic rings. The van der Waals surface area contributed by atoms with Crippen molar-refractivity contribution in [1.82, 2.24) is 0 Å². The normalized spacial score (nSPS) is 23.1. The van der Waals surface area contributed by atoms with Gasteiger partial charge in [0.25, 0.3) is 5.69 Å². The molecule has 19 heavy (non-hydrogen) atoms. The Bertz CT molecular complexity index is 485. The van der Waals surface area contributed by atoms with Crippen LogP contribution in [-0.4, -0.2) is 17.0 Å². The van der Waals surface area contributed by atoms with Gasteiger partial charge in [-0.25, -0.2) is 0 Å². The molecule has 0 spiro atoms. The molecule has 1 aliphatic carbocycles. The third-order valence-corrected chi connectivity index (χ3v) is 3.92. The minimum absolute atomic E-state index is 0.0459. The highest BCUT2D eigenvalue weighted by Crippen LogP contribution is 2.32. The van der Waals surface area contributed by atoms with Gasteiger partial charge in [0.1, 0.15) is 5.02 Å². The Morgan fingerprint density at radius 3 is 2.58 bits per heavy atom. The van der Waals surface area contributed by atoms with E-state index >= 15 is 0 Å². The van der Waals surface area contributed by atoms with E-state index in [1.54, 1.807) is 6.07 Å². The molecule has 5 nitrogen and oxygen atoms in total. The zero-order chi connectivity index (χ0) is 14.0. The summed E-state index contributed by atoms with van der Waals surface area (Å²) in [6, 6.07) is 3.83. The largest absolute Gasteiger partial charge is 0.382 e. The van der Waals surface area contributed by atoms with Crippen molar-refractivity contribution in [1.29, 1.82) is 0 Å². The lowest BCUT2D eigenvalue weighted by Crippen LogP contribution is -2.32. The molecule has 1 fully saturated rings. The minimum atomic E-state index is -0.460. The van der Waals surface area contributed by atoms with Gasteiger partial charge in [0, 0.05) is 23.8 Å². The smallest absolute Gasteiger partial charge is 0.288 e. The van der Waals surface area contributed by atoms with Crippen LogP contribution >= 0.6 is 11.6 Å². The fraction of sp³-hybridized carbons (Fsp3) is 0.538. The zero-order valence-corrected chi connectivity index (χ0v) is 11.6. The summed E-state index contributed by atoms with van der Waals surface area (Å²) < 4.78 is 0. The summed E-state index contributed by atoms with van der Waals surface area (Å²) in [4.78, 5) is 10.3. The van der Waals surface area contributed by atoms with E-state index in [4.69, 9.17) is 17.3 Å². The van der Waals surface area contributed by atoms with E-state index in [2.05, 4.69) is 5.32 Å². The Kier molecular flexibility index (Phi) is 4.27. The SMILES string of the molecule is Cc1cc([N+](=O)[O-])c(Cl)cc1NC1CCC(N)CC1. The molecule has 3 N–H and O–H groups in total. The van der Waals surface area contributed by atoms with E-state index in [0.29, 0.717) is 12.1 Å². The van der Waals surface area contributed by atoms with Crippen LogP contribution in [0.3, 0.4) is 0 Å². The second-order valence-electron chi connectivity index (χ2n) is 5.13. The van der Waals surface area contributed by atoms with Gasteiger partial charge in [-0.05, 0) is 44.2 Å². The molecular weight excluding hydrogens is 266 g/mol. The quantitative estimate of drug-likeness (QED) is 0.659. The molecule has 1 aromatic rings. The maximum Gasteiger partial charge on any atom is 0.288 e. The van der Waals surface area contributed by atoms with Crippen LogP contribution in [0.25, 0.3) is 0 Å². The van der Waals surface area contributed by atoms with Crippen LogP contribution in [0.5, 0.6) is 0 Å². The van der Waals surface area contributed by atoms with Crippen molar-refractivity contribution in [3.8, 4) is 0 Å². The lowest BCUT2D eigenvalue weighted by atomic mass is 9.91. The number of nitrogens with zero attached hydrogens (tertiary/aromatic N) is 1. The van der Waals surface area contributed by atoms with E-state index in [0.717, 1.165) is 36.9 Å². The van der Waals surface area contributed by atoms with Gasteiger partial charge in [-0.3, -0.25) is 10.1 Å². The fourth-order valence-corrected chi connectivity index (χ4v) is 2.68. The minimum Gasteiger partial charge on any atom is -0.382 e. The molecule has 0 radical (unpaired) electrons. The van der Waals surface area contributed by atoms with E-state index in [-0.39, 0.29) is 10.7 Å². The van der Waals surface area contributed by atoms with Crippen molar-refractivity contribution >= 4 is 23.0 Å². The highest BCUT2D eigenvalue weighted by Gasteiger charge is 2.20. The Morgan fingerprint density at radius 2 is 2.00 bits per heavy atom. The number of nitro benzene ring substituents is 1. The second kappa shape index (κ2) is 5.75. The van der Waals surface area contributed by atoms with Crippen molar-refractivity contribution < 1.29 is 4.92 Å². The maximum atomic E-state index is 10.8. The molecule has 0 aliphatic heterocycles. The van der Waals surface area contributed by atoms with Crippen molar-refractivity contribution in [2.24, 2.45) is 5.73 Å². The number of benzene rings is 1. The molecule has 1 aromatic carbocycles. The van der Waals surface area contributed by atoms with Crippen molar-refractivity contribution in [2.75, 3.05) is 5.32 Å². The van der Waals surface area contributed by atoms with Crippen LogP contribution in [0.15, 0.2) is 12.1 Å². The number of aryl methyl sites for hydroxylation is 1. The number of nitrogens with one attached hydrogen (secondary N) is 1.